The molecule has 26 heavy (non-hydrogen) atoms. The molecule has 0 radical (unpaired) electrons. The van der Waals surface area contributed by atoms with E-state index in [2.05, 4.69) is 44.8 Å². The number of hydrogen-bond acceptors (Lipinski definition) is 5. The lowest BCUT2D eigenvalue weighted by Crippen LogP contribution is -2.46. The average molecular weight is 353 g/mol. The van der Waals surface area contributed by atoms with E-state index in [1.165, 1.54) is 5.56 Å². The van der Waals surface area contributed by atoms with Gasteiger partial charge in [-0.05, 0) is 31.8 Å². The number of carbonyl (C=O) groups is 1. The highest BCUT2D eigenvalue weighted by atomic mass is 16.1. The lowest BCUT2D eigenvalue weighted by Gasteiger charge is -2.34. The maximum absolute atomic E-state index is 12.2. The quantitative estimate of drug-likeness (QED) is 0.825. The van der Waals surface area contributed by atoms with Crippen molar-refractivity contribution in [3.8, 4) is 0 Å². The van der Waals surface area contributed by atoms with Gasteiger partial charge >= 0.3 is 0 Å². The first-order chi connectivity index (χ1) is 12.6. The van der Waals surface area contributed by atoms with Crippen molar-refractivity contribution in [1.29, 1.82) is 0 Å². The van der Waals surface area contributed by atoms with Gasteiger partial charge in [-0.2, -0.15) is 0 Å². The summed E-state index contributed by atoms with van der Waals surface area (Å²) in [5.41, 5.74) is 1.89. The number of benzene rings is 1. The molecule has 6 nitrogen and oxygen atoms in total. The number of amides is 1. The second-order valence-electron chi connectivity index (χ2n) is 6.83. The Morgan fingerprint density at radius 1 is 1.27 bits per heavy atom. The van der Waals surface area contributed by atoms with Gasteiger partial charge in [0.2, 0.25) is 0 Å². The molecule has 1 fully saturated rings. The Labute approximate surface area is 155 Å². The fourth-order valence-corrected chi connectivity index (χ4v) is 3.07. The van der Waals surface area contributed by atoms with E-state index in [0.29, 0.717) is 18.2 Å². The van der Waals surface area contributed by atoms with Crippen molar-refractivity contribution in [2.75, 3.05) is 51.7 Å². The second kappa shape index (κ2) is 8.78. The molecular formula is C20H27N5O. The summed E-state index contributed by atoms with van der Waals surface area (Å²) in [7, 11) is 3.97. The Morgan fingerprint density at radius 2 is 2.08 bits per heavy atom. The van der Waals surface area contributed by atoms with Crippen LogP contribution in [0.25, 0.3) is 0 Å². The molecule has 0 saturated carbocycles. The number of aromatic nitrogens is 1. The molecule has 0 aliphatic carbocycles. The predicted molar refractivity (Wildman–Crippen MR) is 105 cm³/mol. The van der Waals surface area contributed by atoms with Crippen molar-refractivity contribution in [2.24, 2.45) is 0 Å². The van der Waals surface area contributed by atoms with Gasteiger partial charge in [-0.25, -0.2) is 4.98 Å². The first kappa shape index (κ1) is 18.4. The van der Waals surface area contributed by atoms with E-state index >= 15 is 0 Å². The third-order valence-corrected chi connectivity index (χ3v) is 4.56. The summed E-state index contributed by atoms with van der Waals surface area (Å²) in [4.78, 5) is 21.0. The van der Waals surface area contributed by atoms with Gasteiger partial charge in [0.25, 0.3) is 5.91 Å². The number of nitrogens with zero attached hydrogens (tertiary/aromatic N) is 3. The predicted octanol–water partition coefficient (Wildman–Crippen LogP) is 1.52. The van der Waals surface area contributed by atoms with E-state index < -0.39 is 0 Å². The normalized spacial score (nSPS) is 17.3. The van der Waals surface area contributed by atoms with Crippen LogP contribution in [0.3, 0.4) is 0 Å². The van der Waals surface area contributed by atoms with Crippen LogP contribution in [-0.4, -0.2) is 62.6 Å². The van der Waals surface area contributed by atoms with Gasteiger partial charge in [0, 0.05) is 45.0 Å². The van der Waals surface area contributed by atoms with Gasteiger partial charge in [0.1, 0.15) is 5.82 Å². The summed E-state index contributed by atoms with van der Waals surface area (Å²) in [5, 5.41) is 6.47. The lowest BCUT2D eigenvalue weighted by molar-refractivity contribution is 0.0950. The SMILES string of the molecule is CN(C)CCNC(=O)c1ccc(N2CCNC(c3ccccc3)C2)nc1. The van der Waals surface area contributed by atoms with Crippen LogP contribution >= 0.6 is 0 Å². The second-order valence-corrected chi connectivity index (χ2v) is 6.83. The summed E-state index contributed by atoms with van der Waals surface area (Å²) in [6.07, 6.45) is 1.67. The fourth-order valence-electron chi connectivity index (χ4n) is 3.07. The molecule has 1 aliphatic rings. The standard InChI is InChI=1S/C20H27N5O/c1-24(2)12-10-22-20(26)17-8-9-19(23-14-17)25-13-11-21-18(15-25)16-6-4-3-5-7-16/h3-9,14,18,21H,10-13,15H2,1-2H3,(H,22,26). The van der Waals surface area contributed by atoms with E-state index in [0.717, 1.165) is 32.0 Å². The zero-order valence-corrected chi connectivity index (χ0v) is 15.5. The van der Waals surface area contributed by atoms with Crippen LogP contribution in [0.1, 0.15) is 22.0 Å². The number of anilines is 1. The molecule has 1 saturated heterocycles. The Bertz CT molecular complexity index is 702. The molecule has 3 rings (SSSR count). The van der Waals surface area contributed by atoms with Crippen LogP contribution in [-0.2, 0) is 0 Å². The topological polar surface area (TPSA) is 60.5 Å². The van der Waals surface area contributed by atoms with Crippen molar-refractivity contribution in [1.82, 2.24) is 20.5 Å². The number of carbonyl (C=O) groups excluding carboxylic acids is 1. The summed E-state index contributed by atoms with van der Waals surface area (Å²) in [5.74, 6) is 0.839. The van der Waals surface area contributed by atoms with Gasteiger partial charge in [-0.1, -0.05) is 30.3 Å². The van der Waals surface area contributed by atoms with Crippen LogP contribution in [0.5, 0.6) is 0 Å². The monoisotopic (exact) mass is 353 g/mol. The molecule has 2 N–H and O–H groups in total. The van der Waals surface area contributed by atoms with Gasteiger partial charge < -0.3 is 20.4 Å². The fraction of sp³-hybridized carbons (Fsp3) is 0.400. The molecule has 2 heterocycles. The van der Waals surface area contributed by atoms with E-state index in [1.54, 1.807) is 6.20 Å². The Kier molecular flexibility index (Phi) is 6.20. The largest absolute Gasteiger partial charge is 0.353 e. The minimum absolute atomic E-state index is 0.0756. The molecule has 0 bridgehead atoms. The Balaban J connectivity index is 1.60. The van der Waals surface area contributed by atoms with Crippen molar-refractivity contribution in [2.45, 2.75) is 6.04 Å². The highest BCUT2D eigenvalue weighted by molar-refractivity contribution is 5.94. The van der Waals surface area contributed by atoms with Crippen LogP contribution in [0, 0.1) is 0 Å². The van der Waals surface area contributed by atoms with Crippen LogP contribution in [0.15, 0.2) is 48.7 Å². The van der Waals surface area contributed by atoms with Crippen molar-refractivity contribution < 1.29 is 4.79 Å². The molecule has 1 amide bonds. The summed E-state index contributed by atoms with van der Waals surface area (Å²) in [6, 6.07) is 14.6. The third kappa shape index (κ3) is 4.80. The van der Waals surface area contributed by atoms with Gasteiger partial charge in [0.15, 0.2) is 0 Å². The van der Waals surface area contributed by atoms with Crippen LogP contribution in [0.4, 0.5) is 5.82 Å². The molecule has 0 spiro atoms. The molecule has 1 aromatic heterocycles. The molecule has 2 aromatic rings. The zero-order chi connectivity index (χ0) is 18.4. The minimum atomic E-state index is -0.0756. The molecule has 138 valence electrons. The van der Waals surface area contributed by atoms with E-state index in [-0.39, 0.29) is 5.91 Å². The van der Waals surface area contributed by atoms with Crippen molar-refractivity contribution >= 4 is 11.7 Å². The van der Waals surface area contributed by atoms with Gasteiger partial charge in [-0.15, -0.1) is 0 Å². The average Bonchev–Trinajstić information content (AvgIpc) is 2.68. The van der Waals surface area contributed by atoms with E-state index in [1.807, 2.05) is 37.2 Å². The number of nitrogens with one attached hydrogen (secondary N) is 2. The first-order valence-electron chi connectivity index (χ1n) is 9.06. The number of piperazine rings is 1. The summed E-state index contributed by atoms with van der Waals surface area (Å²) < 4.78 is 0. The van der Waals surface area contributed by atoms with Gasteiger partial charge in [0.05, 0.1) is 5.56 Å². The molecule has 1 aromatic carbocycles. The Morgan fingerprint density at radius 3 is 2.77 bits per heavy atom. The van der Waals surface area contributed by atoms with Crippen LogP contribution in [0.2, 0.25) is 0 Å². The van der Waals surface area contributed by atoms with E-state index in [4.69, 9.17) is 0 Å². The first-order valence-corrected chi connectivity index (χ1v) is 9.06. The smallest absolute Gasteiger partial charge is 0.252 e. The minimum Gasteiger partial charge on any atom is -0.353 e. The number of likely N-dealkylation sites (N-methyl/N-ethyl adjacent to an activating group) is 1. The third-order valence-electron chi connectivity index (χ3n) is 4.56. The summed E-state index contributed by atoms with van der Waals surface area (Å²) >= 11 is 0. The van der Waals surface area contributed by atoms with Crippen LogP contribution < -0.4 is 15.5 Å². The molecule has 1 atom stereocenters. The maximum Gasteiger partial charge on any atom is 0.252 e. The van der Waals surface area contributed by atoms with E-state index in [9.17, 15) is 4.79 Å². The lowest BCUT2D eigenvalue weighted by atomic mass is 10.0. The van der Waals surface area contributed by atoms with Crippen molar-refractivity contribution in [3.05, 3.63) is 59.8 Å². The number of rotatable bonds is 6. The molecule has 1 unspecified atom stereocenters. The highest BCUT2D eigenvalue weighted by Gasteiger charge is 2.21. The number of hydrogen-bond donors (Lipinski definition) is 2. The molecule has 1 aliphatic heterocycles. The molecule has 6 heteroatoms. The molecular weight excluding hydrogens is 326 g/mol. The highest BCUT2D eigenvalue weighted by Crippen LogP contribution is 2.21. The number of pyridine rings is 1. The summed E-state index contributed by atoms with van der Waals surface area (Å²) in [6.45, 7) is 4.13. The maximum atomic E-state index is 12.2. The Hall–Kier alpha value is -2.44. The van der Waals surface area contributed by atoms with Crippen molar-refractivity contribution in [3.63, 3.8) is 0 Å². The zero-order valence-electron chi connectivity index (χ0n) is 15.5. The van der Waals surface area contributed by atoms with Gasteiger partial charge in [-0.3, -0.25) is 4.79 Å².